The molecule has 0 radical (unpaired) electrons. The number of aliphatic carboxylic acids is 1. The van der Waals surface area contributed by atoms with Gasteiger partial charge in [0.25, 0.3) is 0 Å². The average molecular weight is 428 g/mol. The van der Waals surface area contributed by atoms with Crippen molar-refractivity contribution in [3.05, 3.63) is 48.0 Å². The molecule has 1 fully saturated rings. The fraction of sp³-hybridized carbons (Fsp3) is 0.435. The van der Waals surface area contributed by atoms with Crippen molar-refractivity contribution in [1.29, 1.82) is 0 Å². The normalized spacial score (nSPS) is 19.5. The Kier molecular flexibility index (Phi) is 7.25. The fourth-order valence-corrected chi connectivity index (χ4v) is 3.94. The van der Waals surface area contributed by atoms with E-state index in [1.165, 1.54) is 11.8 Å². The molecule has 2 aromatic carbocycles. The smallest absolute Gasteiger partial charge is 0.326 e. The van der Waals surface area contributed by atoms with Gasteiger partial charge in [-0.3, -0.25) is 9.59 Å². The van der Waals surface area contributed by atoms with Gasteiger partial charge in [0.15, 0.2) is 0 Å². The summed E-state index contributed by atoms with van der Waals surface area (Å²) in [4.78, 5) is 38.8. The minimum atomic E-state index is -1.14. The Labute approximate surface area is 181 Å². The highest BCUT2D eigenvalue weighted by atomic mass is 16.4. The van der Waals surface area contributed by atoms with Crippen LogP contribution in [-0.4, -0.2) is 63.7 Å². The molecule has 0 unspecified atom stereocenters. The van der Waals surface area contributed by atoms with Gasteiger partial charge in [0.1, 0.15) is 18.1 Å². The molecular weight excluding hydrogens is 398 g/mol. The maximum absolute atomic E-state index is 13.0. The Balaban J connectivity index is 1.73. The first kappa shape index (κ1) is 22.7. The highest BCUT2D eigenvalue weighted by Crippen LogP contribution is 2.20. The molecule has 1 aliphatic heterocycles. The van der Waals surface area contributed by atoms with Crippen molar-refractivity contribution in [2.24, 2.45) is 5.73 Å². The van der Waals surface area contributed by atoms with Crippen molar-refractivity contribution >= 4 is 28.6 Å². The standard InChI is InChI=1S/C23H29N3O5/c1-14(27)20(24)22(29)26-11-5-4-8-19(26)21(28)25-18(23(30)31)13-15-9-10-16-6-2-3-7-17(16)12-15/h2-3,6-7,9-10,12,14,18-20,27H,4-5,8,11,13,24H2,1H3,(H,25,28)(H,30,31)/t14-,18+,19+,20+/m1/s1. The Hall–Kier alpha value is -2.97. The molecule has 5 N–H and O–H groups in total. The minimum absolute atomic E-state index is 0.125. The lowest BCUT2D eigenvalue weighted by Gasteiger charge is -2.37. The van der Waals surface area contributed by atoms with Gasteiger partial charge in [0.05, 0.1) is 6.10 Å². The van der Waals surface area contributed by atoms with Crippen LogP contribution in [0.2, 0.25) is 0 Å². The van der Waals surface area contributed by atoms with Gasteiger partial charge in [-0.05, 0) is 42.5 Å². The van der Waals surface area contributed by atoms with Gasteiger partial charge in [-0.2, -0.15) is 0 Å². The zero-order valence-electron chi connectivity index (χ0n) is 17.5. The minimum Gasteiger partial charge on any atom is -0.480 e. The predicted octanol–water partition coefficient (Wildman–Crippen LogP) is 1.04. The number of nitrogens with zero attached hydrogens (tertiary/aromatic N) is 1. The number of aliphatic hydroxyl groups excluding tert-OH is 1. The maximum Gasteiger partial charge on any atom is 0.326 e. The van der Waals surface area contributed by atoms with E-state index in [9.17, 15) is 24.6 Å². The number of rotatable bonds is 7. The van der Waals surface area contributed by atoms with E-state index in [1.54, 1.807) is 0 Å². The summed E-state index contributed by atoms with van der Waals surface area (Å²) in [5.74, 6) is -2.16. The number of hydrogen-bond donors (Lipinski definition) is 4. The van der Waals surface area contributed by atoms with Crippen LogP contribution < -0.4 is 11.1 Å². The first-order chi connectivity index (χ1) is 14.8. The summed E-state index contributed by atoms with van der Waals surface area (Å²) in [6.45, 7) is 1.77. The predicted molar refractivity (Wildman–Crippen MR) is 116 cm³/mol. The number of carboxylic acids is 1. The van der Waals surface area contributed by atoms with Crippen molar-refractivity contribution in [2.45, 2.75) is 56.8 Å². The molecule has 31 heavy (non-hydrogen) atoms. The number of amides is 2. The van der Waals surface area contributed by atoms with Gasteiger partial charge >= 0.3 is 5.97 Å². The molecule has 166 valence electrons. The molecule has 8 nitrogen and oxygen atoms in total. The number of carbonyl (C=O) groups excluding carboxylic acids is 2. The van der Waals surface area contributed by atoms with E-state index in [0.29, 0.717) is 13.0 Å². The first-order valence-corrected chi connectivity index (χ1v) is 10.5. The Morgan fingerprint density at radius 2 is 1.87 bits per heavy atom. The van der Waals surface area contributed by atoms with Gasteiger partial charge in [-0.15, -0.1) is 0 Å². The monoisotopic (exact) mass is 427 g/mol. The van der Waals surface area contributed by atoms with Gasteiger partial charge in [0, 0.05) is 13.0 Å². The molecule has 0 aromatic heterocycles. The van der Waals surface area contributed by atoms with Crippen LogP contribution in [0.4, 0.5) is 0 Å². The number of nitrogens with two attached hydrogens (primary N) is 1. The number of fused-ring (bicyclic) bond motifs is 1. The van der Waals surface area contributed by atoms with Crippen molar-refractivity contribution in [1.82, 2.24) is 10.2 Å². The number of hydrogen-bond acceptors (Lipinski definition) is 5. The number of benzene rings is 2. The Morgan fingerprint density at radius 1 is 1.16 bits per heavy atom. The van der Waals surface area contributed by atoms with E-state index in [4.69, 9.17) is 5.73 Å². The summed E-state index contributed by atoms with van der Waals surface area (Å²) in [5.41, 5.74) is 6.57. The second-order valence-corrected chi connectivity index (χ2v) is 8.09. The second-order valence-electron chi connectivity index (χ2n) is 8.09. The Morgan fingerprint density at radius 3 is 2.55 bits per heavy atom. The average Bonchev–Trinajstić information content (AvgIpc) is 2.77. The maximum atomic E-state index is 13.0. The van der Waals surface area contributed by atoms with Crippen LogP contribution in [0.25, 0.3) is 10.8 Å². The third-order valence-corrected chi connectivity index (χ3v) is 5.76. The quantitative estimate of drug-likeness (QED) is 0.522. The van der Waals surface area contributed by atoms with Crippen LogP contribution in [0.15, 0.2) is 42.5 Å². The van der Waals surface area contributed by atoms with Crippen LogP contribution in [0.5, 0.6) is 0 Å². The highest BCUT2D eigenvalue weighted by Gasteiger charge is 2.37. The topological polar surface area (TPSA) is 133 Å². The van der Waals surface area contributed by atoms with Crippen LogP contribution >= 0.6 is 0 Å². The summed E-state index contributed by atoms with van der Waals surface area (Å²) in [7, 11) is 0. The first-order valence-electron chi connectivity index (χ1n) is 10.5. The molecule has 3 rings (SSSR count). The van der Waals surface area contributed by atoms with E-state index in [2.05, 4.69) is 5.32 Å². The molecule has 1 saturated heterocycles. The van der Waals surface area contributed by atoms with Crippen LogP contribution in [0.1, 0.15) is 31.7 Å². The lowest BCUT2D eigenvalue weighted by molar-refractivity contribution is -0.147. The molecule has 2 aromatic rings. The van der Waals surface area contributed by atoms with Gasteiger partial charge < -0.3 is 26.2 Å². The molecule has 1 aliphatic rings. The van der Waals surface area contributed by atoms with Gasteiger partial charge in [-0.1, -0.05) is 42.5 Å². The number of piperidine rings is 1. The molecule has 8 heteroatoms. The zero-order chi connectivity index (χ0) is 22.5. The van der Waals surface area contributed by atoms with E-state index in [0.717, 1.165) is 29.2 Å². The van der Waals surface area contributed by atoms with E-state index < -0.39 is 42.0 Å². The van der Waals surface area contributed by atoms with Crippen LogP contribution in [-0.2, 0) is 20.8 Å². The van der Waals surface area contributed by atoms with Crippen LogP contribution in [0.3, 0.4) is 0 Å². The zero-order valence-corrected chi connectivity index (χ0v) is 17.5. The number of nitrogens with one attached hydrogen (secondary N) is 1. The summed E-state index contributed by atoms with van der Waals surface area (Å²) >= 11 is 0. The van der Waals surface area contributed by atoms with Crippen molar-refractivity contribution in [2.75, 3.05) is 6.54 Å². The highest BCUT2D eigenvalue weighted by molar-refractivity contribution is 5.92. The van der Waals surface area contributed by atoms with E-state index >= 15 is 0 Å². The van der Waals surface area contributed by atoms with Gasteiger partial charge in [-0.25, -0.2) is 4.79 Å². The van der Waals surface area contributed by atoms with Crippen molar-refractivity contribution < 1.29 is 24.6 Å². The van der Waals surface area contributed by atoms with E-state index in [1.807, 2.05) is 42.5 Å². The number of aliphatic hydroxyl groups is 1. The summed E-state index contributed by atoms with van der Waals surface area (Å²) in [6.07, 6.45) is 0.972. The number of carboxylic acid groups (broad SMARTS) is 1. The van der Waals surface area contributed by atoms with Crippen molar-refractivity contribution in [3.63, 3.8) is 0 Å². The summed E-state index contributed by atoms with van der Waals surface area (Å²) < 4.78 is 0. The third kappa shape index (κ3) is 5.39. The van der Waals surface area contributed by atoms with Gasteiger partial charge in [0.2, 0.25) is 11.8 Å². The molecule has 0 spiro atoms. The summed E-state index contributed by atoms with van der Waals surface area (Å²) in [5, 5.41) is 24.0. The number of likely N-dealkylation sites (tertiary alicyclic amines) is 1. The molecule has 0 aliphatic carbocycles. The molecule has 0 saturated carbocycles. The second kappa shape index (κ2) is 9.89. The largest absolute Gasteiger partial charge is 0.480 e. The Bertz CT molecular complexity index is 961. The SMILES string of the molecule is C[C@@H](O)[C@H](N)C(=O)N1CCCC[C@H]1C(=O)N[C@@H](Cc1ccc2ccccc2c1)C(=O)O. The molecule has 4 atom stereocenters. The fourth-order valence-electron chi connectivity index (χ4n) is 3.94. The van der Waals surface area contributed by atoms with Crippen LogP contribution in [0, 0.1) is 0 Å². The van der Waals surface area contributed by atoms with Crippen molar-refractivity contribution in [3.8, 4) is 0 Å². The lowest BCUT2D eigenvalue weighted by atomic mass is 9.98. The molecular formula is C23H29N3O5. The molecule has 1 heterocycles. The summed E-state index contributed by atoms with van der Waals surface area (Å²) in [6, 6.07) is 10.4. The molecule has 0 bridgehead atoms. The third-order valence-electron chi connectivity index (χ3n) is 5.76. The lowest BCUT2D eigenvalue weighted by Crippen LogP contribution is -2.59. The number of carbonyl (C=O) groups is 3. The van der Waals surface area contributed by atoms with E-state index in [-0.39, 0.29) is 6.42 Å². The molecule has 2 amide bonds.